The van der Waals surface area contributed by atoms with Gasteiger partial charge in [-0.1, -0.05) is 96.6 Å². The second-order valence-corrected chi connectivity index (χ2v) is 12.7. The molecule has 4 heteroatoms. The molecule has 8 aromatic rings. The highest BCUT2D eigenvalue weighted by molar-refractivity contribution is 6.14. The minimum absolute atomic E-state index is 0.560. The Hall–Kier alpha value is -6.10. The standard InChI is InChI=1S/C43H32N4/c1-25-19-20-35(36(21-25)45-6)39-37(46-40-26(2)11-7-15-31(40)32-16-8-12-27(3)41(32)46)22-30(24-44)23-38(39)47-42-28(4)13-9-17-33(42)34-18-10-14-29(5)43(34)47/h7-23H,1-5H3. The summed E-state index contributed by atoms with van der Waals surface area (Å²) in [6.45, 7) is 18.9. The summed E-state index contributed by atoms with van der Waals surface area (Å²) in [6.07, 6.45) is 0. The highest BCUT2D eigenvalue weighted by Gasteiger charge is 2.26. The van der Waals surface area contributed by atoms with Crippen molar-refractivity contribution in [2.24, 2.45) is 0 Å². The highest BCUT2D eigenvalue weighted by Crippen LogP contribution is 2.46. The summed E-state index contributed by atoms with van der Waals surface area (Å²) >= 11 is 0. The minimum atomic E-state index is 0.560. The topological polar surface area (TPSA) is 38.0 Å². The lowest BCUT2D eigenvalue weighted by atomic mass is 9.95. The SMILES string of the molecule is [C-]#[N+]c1cc(C)ccc1-c1c(-n2c3c(C)cccc3c3cccc(C)c32)cc(C#N)cc1-n1c2c(C)cccc2c2cccc(C)c21. The molecule has 2 heterocycles. The molecule has 0 aliphatic rings. The largest absolute Gasteiger partial charge is 0.308 e. The van der Waals surface area contributed by atoms with E-state index >= 15 is 0 Å². The molecule has 8 rings (SSSR count). The van der Waals surface area contributed by atoms with Crippen molar-refractivity contribution in [1.82, 2.24) is 9.13 Å². The Morgan fingerprint density at radius 1 is 0.553 bits per heavy atom. The Balaban J connectivity index is 1.69. The molecule has 224 valence electrons. The third kappa shape index (κ3) is 4.05. The smallest absolute Gasteiger partial charge is 0.195 e. The molecule has 0 aliphatic carbocycles. The first-order valence-electron chi connectivity index (χ1n) is 15.9. The number of fused-ring (bicyclic) bond motifs is 6. The Kier molecular flexibility index (Phi) is 6.33. The molecule has 0 unspecified atom stereocenters. The van der Waals surface area contributed by atoms with Crippen molar-refractivity contribution in [3.05, 3.63) is 148 Å². The maximum absolute atomic E-state index is 10.6. The molecule has 4 nitrogen and oxygen atoms in total. The molecular weight excluding hydrogens is 573 g/mol. The zero-order valence-electron chi connectivity index (χ0n) is 27.1. The van der Waals surface area contributed by atoms with E-state index in [1.807, 2.05) is 25.1 Å². The summed E-state index contributed by atoms with van der Waals surface area (Å²) in [5, 5.41) is 15.3. The van der Waals surface area contributed by atoms with E-state index in [-0.39, 0.29) is 0 Å². The lowest BCUT2D eigenvalue weighted by molar-refractivity contribution is 1.11. The Bertz CT molecular complexity index is 2440. The molecule has 0 atom stereocenters. The van der Waals surface area contributed by atoms with Crippen LogP contribution >= 0.6 is 0 Å². The monoisotopic (exact) mass is 604 g/mol. The van der Waals surface area contributed by atoms with Gasteiger partial charge < -0.3 is 9.13 Å². The molecule has 0 bridgehead atoms. The average molecular weight is 605 g/mol. The average Bonchev–Trinajstić information content (AvgIpc) is 3.61. The van der Waals surface area contributed by atoms with E-state index in [0.29, 0.717) is 11.3 Å². The van der Waals surface area contributed by atoms with Crippen LogP contribution in [0, 0.1) is 52.5 Å². The van der Waals surface area contributed by atoms with Crippen molar-refractivity contribution < 1.29 is 0 Å². The molecule has 2 aromatic heterocycles. The predicted molar refractivity (Wildman–Crippen MR) is 195 cm³/mol. The first-order valence-corrected chi connectivity index (χ1v) is 15.9. The van der Waals surface area contributed by atoms with Gasteiger partial charge in [-0.25, -0.2) is 4.85 Å². The fraction of sp³-hybridized carbons (Fsp3) is 0.116. The molecule has 0 radical (unpaired) electrons. The van der Waals surface area contributed by atoms with Gasteiger partial charge in [-0.05, 0) is 74.6 Å². The Morgan fingerprint density at radius 3 is 1.32 bits per heavy atom. The van der Waals surface area contributed by atoms with Crippen LogP contribution in [0.5, 0.6) is 0 Å². The second-order valence-electron chi connectivity index (χ2n) is 12.7. The van der Waals surface area contributed by atoms with Crippen LogP contribution in [0.15, 0.2) is 103 Å². The van der Waals surface area contributed by atoms with Gasteiger partial charge in [0.05, 0.1) is 51.6 Å². The zero-order valence-corrected chi connectivity index (χ0v) is 27.1. The van der Waals surface area contributed by atoms with Crippen molar-refractivity contribution in [3.8, 4) is 28.6 Å². The van der Waals surface area contributed by atoms with Gasteiger partial charge in [0.25, 0.3) is 0 Å². The van der Waals surface area contributed by atoms with E-state index in [4.69, 9.17) is 6.57 Å². The molecule has 0 saturated heterocycles. The van der Waals surface area contributed by atoms with Crippen LogP contribution in [0.25, 0.3) is 71.0 Å². The first kappa shape index (κ1) is 28.4. The number of hydrogen-bond donors (Lipinski definition) is 0. The van der Waals surface area contributed by atoms with Gasteiger partial charge >= 0.3 is 0 Å². The van der Waals surface area contributed by atoms with Gasteiger partial charge in [-0.3, -0.25) is 0 Å². The van der Waals surface area contributed by atoms with E-state index in [1.165, 1.54) is 0 Å². The van der Waals surface area contributed by atoms with Crippen molar-refractivity contribution in [2.75, 3.05) is 0 Å². The Labute approximate surface area is 274 Å². The van der Waals surface area contributed by atoms with Crippen LogP contribution in [0.4, 0.5) is 5.69 Å². The van der Waals surface area contributed by atoms with Crippen LogP contribution in [0.3, 0.4) is 0 Å². The highest BCUT2D eigenvalue weighted by atomic mass is 15.0. The summed E-state index contributed by atoms with van der Waals surface area (Å²) in [4.78, 5) is 4.08. The van der Waals surface area contributed by atoms with E-state index in [9.17, 15) is 5.26 Å². The minimum Gasteiger partial charge on any atom is -0.308 e. The number of nitriles is 1. The number of rotatable bonds is 3. The lowest BCUT2D eigenvalue weighted by Gasteiger charge is -2.23. The molecule has 0 N–H and O–H groups in total. The van der Waals surface area contributed by atoms with Crippen LogP contribution in [0.1, 0.15) is 33.4 Å². The van der Waals surface area contributed by atoms with Crippen molar-refractivity contribution >= 4 is 49.3 Å². The van der Waals surface area contributed by atoms with Gasteiger partial charge in [0.1, 0.15) is 0 Å². The van der Waals surface area contributed by atoms with Crippen LogP contribution in [0.2, 0.25) is 0 Å². The lowest BCUT2D eigenvalue weighted by Crippen LogP contribution is -2.07. The van der Waals surface area contributed by atoms with Crippen LogP contribution < -0.4 is 0 Å². The fourth-order valence-electron chi connectivity index (χ4n) is 7.65. The summed E-state index contributed by atoms with van der Waals surface area (Å²) in [5.41, 5.74) is 14.7. The fourth-order valence-corrected chi connectivity index (χ4v) is 7.65. The van der Waals surface area contributed by atoms with E-state index in [2.05, 4.69) is 133 Å². The van der Waals surface area contributed by atoms with Crippen LogP contribution in [-0.2, 0) is 0 Å². The van der Waals surface area contributed by atoms with E-state index < -0.39 is 0 Å². The third-order valence-electron chi connectivity index (χ3n) is 9.68. The Morgan fingerprint density at radius 2 is 0.957 bits per heavy atom. The van der Waals surface area contributed by atoms with Crippen molar-refractivity contribution in [3.63, 3.8) is 0 Å². The van der Waals surface area contributed by atoms with Gasteiger partial charge in [0.2, 0.25) is 0 Å². The summed E-state index contributed by atoms with van der Waals surface area (Å²) < 4.78 is 4.69. The molecule has 0 fully saturated rings. The number of nitrogens with zero attached hydrogens (tertiary/aromatic N) is 4. The molecule has 0 saturated carbocycles. The number of aryl methyl sites for hydroxylation is 5. The summed E-state index contributed by atoms with van der Waals surface area (Å²) in [5.74, 6) is 0. The van der Waals surface area contributed by atoms with Crippen molar-refractivity contribution in [2.45, 2.75) is 34.6 Å². The maximum atomic E-state index is 10.6. The summed E-state index contributed by atoms with van der Waals surface area (Å²) in [7, 11) is 0. The number of benzene rings is 6. The third-order valence-corrected chi connectivity index (χ3v) is 9.68. The van der Waals surface area contributed by atoms with Gasteiger partial charge in [0, 0.05) is 27.1 Å². The molecule has 0 spiro atoms. The molecule has 6 aromatic carbocycles. The molecule has 0 amide bonds. The zero-order chi connectivity index (χ0) is 32.6. The quantitative estimate of drug-likeness (QED) is 0.185. The molecule has 47 heavy (non-hydrogen) atoms. The van der Waals surface area contributed by atoms with Gasteiger partial charge in [-0.15, -0.1) is 0 Å². The van der Waals surface area contributed by atoms with Gasteiger partial charge in [-0.2, -0.15) is 5.26 Å². The summed E-state index contributed by atoms with van der Waals surface area (Å²) in [6, 6.07) is 38.5. The van der Waals surface area contributed by atoms with E-state index in [1.54, 1.807) is 0 Å². The predicted octanol–water partition coefficient (Wildman–Crippen LogP) is 11.5. The molecule has 0 aliphatic heterocycles. The second kappa shape index (κ2) is 10.5. The van der Waals surface area contributed by atoms with E-state index in [0.717, 1.165) is 93.9 Å². The number of para-hydroxylation sites is 4. The normalized spacial score (nSPS) is 11.5. The van der Waals surface area contributed by atoms with Crippen molar-refractivity contribution in [1.29, 1.82) is 5.26 Å². The maximum Gasteiger partial charge on any atom is 0.195 e. The van der Waals surface area contributed by atoms with Gasteiger partial charge in [0.15, 0.2) is 5.69 Å². The van der Waals surface area contributed by atoms with Crippen LogP contribution in [-0.4, -0.2) is 9.13 Å². The molecular formula is C43H32N4. The first-order chi connectivity index (χ1) is 22.8. The number of aromatic nitrogens is 2. The number of hydrogen-bond acceptors (Lipinski definition) is 1.